The average Bonchev–Trinajstić information content (AvgIpc) is 2.57. The second kappa shape index (κ2) is 5.73. The molecular formula is C11H13BrN2O2S. The van der Waals surface area contributed by atoms with Crippen molar-refractivity contribution in [1.29, 1.82) is 0 Å². The van der Waals surface area contributed by atoms with Gasteiger partial charge in [0.25, 0.3) is 5.69 Å². The Hall–Kier alpha value is -0.750. The third-order valence-corrected chi connectivity index (χ3v) is 4.24. The van der Waals surface area contributed by atoms with Crippen molar-refractivity contribution in [2.75, 3.05) is 29.5 Å². The summed E-state index contributed by atoms with van der Waals surface area (Å²) in [5.41, 5.74) is 0.923. The van der Waals surface area contributed by atoms with Crippen LogP contribution in [0.1, 0.15) is 6.42 Å². The molecule has 0 atom stereocenters. The summed E-state index contributed by atoms with van der Waals surface area (Å²) in [6, 6.07) is 5.27. The average molecular weight is 317 g/mol. The molecule has 0 spiro atoms. The highest BCUT2D eigenvalue weighted by Gasteiger charge is 2.20. The number of thioether (sulfide) groups is 1. The summed E-state index contributed by atoms with van der Waals surface area (Å²) in [7, 11) is 0. The molecule has 0 bridgehead atoms. The second-order valence-corrected chi connectivity index (χ2v) is 5.98. The lowest BCUT2D eigenvalue weighted by Gasteiger charge is -2.21. The van der Waals surface area contributed by atoms with Crippen LogP contribution in [0.5, 0.6) is 0 Å². The number of hydrogen-bond acceptors (Lipinski definition) is 4. The van der Waals surface area contributed by atoms with Crippen molar-refractivity contribution in [2.24, 2.45) is 0 Å². The number of rotatable bonds is 2. The zero-order valence-corrected chi connectivity index (χ0v) is 11.7. The van der Waals surface area contributed by atoms with Crippen molar-refractivity contribution >= 4 is 39.1 Å². The Balaban J connectivity index is 2.32. The standard InChI is InChI=1S/C11H13BrN2O2S/c12-9-2-3-10(11(8-9)14(15)16)13-4-1-6-17-7-5-13/h2-3,8H,1,4-7H2. The number of hydrogen-bond donors (Lipinski definition) is 0. The molecule has 1 aromatic carbocycles. The molecule has 1 aliphatic rings. The summed E-state index contributed by atoms with van der Waals surface area (Å²) >= 11 is 5.19. The molecule has 0 saturated carbocycles. The monoisotopic (exact) mass is 316 g/mol. The van der Waals surface area contributed by atoms with Gasteiger partial charge in [0.05, 0.1) is 4.92 Å². The molecule has 4 nitrogen and oxygen atoms in total. The Morgan fingerprint density at radius 3 is 2.94 bits per heavy atom. The first-order valence-corrected chi connectivity index (χ1v) is 7.40. The van der Waals surface area contributed by atoms with Crippen LogP contribution >= 0.6 is 27.7 Å². The molecule has 1 fully saturated rings. The highest BCUT2D eigenvalue weighted by molar-refractivity contribution is 9.10. The van der Waals surface area contributed by atoms with Gasteiger partial charge in [0, 0.05) is 29.4 Å². The molecule has 0 aliphatic carbocycles. The van der Waals surface area contributed by atoms with Crippen LogP contribution in [-0.4, -0.2) is 29.5 Å². The molecule has 0 amide bonds. The van der Waals surface area contributed by atoms with Crippen molar-refractivity contribution in [1.82, 2.24) is 0 Å². The maximum Gasteiger partial charge on any atom is 0.293 e. The zero-order valence-electron chi connectivity index (χ0n) is 9.26. The largest absolute Gasteiger partial charge is 0.365 e. The number of nitrogens with zero attached hydrogens (tertiary/aromatic N) is 2. The lowest BCUT2D eigenvalue weighted by molar-refractivity contribution is -0.384. The minimum Gasteiger partial charge on any atom is -0.365 e. The van der Waals surface area contributed by atoms with E-state index >= 15 is 0 Å². The third-order valence-electron chi connectivity index (χ3n) is 2.70. The number of anilines is 1. The van der Waals surface area contributed by atoms with E-state index in [9.17, 15) is 10.1 Å². The van der Waals surface area contributed by atoms with Crippen molar-refractivity contribution in [2.45, 2.75) is 6.42 Å². The molecule has 0 radical (unpaired) electrons. The normalized spacial score (nSPS) is 16.6. The minimum absolute atomic E-state index is 0.186. The minimum atomic E-state index is -0.307. The van der Waals surface area contributed by atoms with Gasteiger partial charge in [0.15, 0.2) is 0 Å². The van der Waals surface area contributed by atoms with Gasteiger partial charge in [-0.15, -0.1) is 0 Å². The van der Waals surface area contributed by atoms with Gasteiger partial charge in [-0.1, -0.05) is 15.9 Å². The van der Waals surface area contributed by atoms with Crippen LogP contribution in [0.15, 0.2) is 22.7 Å². The van der Waals surface area contributed by atoms with E-state index in [1.54, 1.807) is 6.07 Å². The SMILES string of the molecule is O=[N+]([O-])c1cc(Br)ccc1N1CCCSCC1. The van der Waals surface area contributed by atoms with Gasteiger partial charge in [-0.2, -0.15) is 11.8 Å². The molecule has 1 saturated heterocycles. The predicted octanol–water partition coefficient (Wildman–Crippen LogP) is 3.30. The molecule has 0 aromatic heterocycles. The van der Waals surface area contributed by atoms with Crippen LogP contribution in [0.3, 0.4) is 0 Å². The molecule has 2 rings (SSSR count). The van der Waals surface area contributed by atoms with E-state index in [0.717, 1.165) is 41.2 Å². The van der Waals surface area contributed by atoms with E-state index < -0.39 is 0 Å². The molecule has 1 aromatic rings. The zero-order chi connectivity index (χ0) is 12.3. The summed E-state index contributed by atoms with van der Waals surface area (Å²) in [6.07, 6.45) is 1.08. The quantitative estimate of drug-likeness (QED) is 0.620. The molecule has 17 heavy (non-hydrogen) atoms. The van der Waals surface area contributed by atoms with Crippen molar-refractivity contribution in [3.63, 3.8) is 0 Å². The summed E-state index contributed by atoms with van der Waals surface area (Å²) in [5, 5.41) is 11.1. The number of halogens is 1. The topological polar surface area (TPSA) is 46.4 Å². The van der Waals surface area contributed by atoms with Crippen molar-refractivity contribution in [3.05, 3.63) is 32.8 Å². The van der Waals surface area contributed by atoms with E-state index in [2.05, 4.69) is 20.8 Å². The van der Waals surface area contributed by atoms with Crippen LogP contribution in [-0.2, 0) is 0 Å². The number of nitro benzene ring substituents is 1. The summed E-state index contributed by atoms with van der Waals surface area (Å²) in [6.45, 7) is 1.78. The fraction of sp³-hybridized carbons (Fsp3) is 0.455. The molecule has 0 unspecified atom stereocenters. The molecule has 0 N–H and O–H groups in total. The first-order valence-electron chi connectivity index (χ1n) is 5.45. The Labute approximate surface area is 113 Å². The van der Waals surface area contributed by atoms with Crippen molar-refractivity contribution in [3.8, 4) is 0 Å². The fourth-order valence-corrected chi connectivity index (χ4v) is 3.13. The molecule has 92 valence electrons. The Morgan fingerprint density at radius 1 is 1.35 bits per heavy atom. The van der Waals surface area contributed by atoms with Gasteiger partial charge in [0.2, 0.25) is 0 Å². The van der Waals surface area contributed by atoms with Gasteiger partial charge in [-0.3, -0.25) is 10.1 Å². The lowest BCUT2D eigenvalue weighted by Crippen LogP contribution is -2.26. The smallest absolute Gasteiger partial charge is 0.293 e. The van der Waals surface area contributed by atoms with E-state index in [1.807, 2.05) is 23.9 Å². The van der Waals surface area contributed by atoms with E-state index in [4.69, 9.17) is 0 Å². The molecular weight excluding hydrogens is 304 g/mol. The van der Waals surface area contributed by atoms with Crippen LogP contribution in [0.25, 0.3) is 0 Å². The molecule has 6 heteroatoms. The first-order chi connectivity index (χ1) is 8.18. The van der Waals surface area contributed by atoms with Crippen LogP contribution < -0.4 is 4.90 Å². The third kappa shape index (κ3) is 3.13. The van der Waals surface area contributed by atoms with E-state index in [-0.39, 0.29) is 10.6 Å². The van der Waals surface area contributed by atoms with Crippen LogP contribution in [0, 0.1) is 10.1 Å². The van der Waals surface area contributed by atoms with Gasteiger partial charge in [0.1, 0.15) is 5.69 Å². The Bertz CT molecular complexity index is 420. The Kier molecular flexibility index (Phi) is 4.28. The Morgan fingerprint density at radius 2 is 2.18 bits per heavy atom. The fourth-order valence-electron chi connectivity index (χ4n) is 1.90. The number of nitro groups is 1. The lowest BCUT2D eigenvalue weighted by atomic mass is 10.2. The van der Waals surface area contributed by atoms with Gasteiger partial charge < -0.3 is 4.90 Å². The van der Waals surface area contributed by atoms with Crippen LogP contribution in [0.2, 0.25) is 0 Å². The summed E-state index contributed by atoms with van der Waals surface area (Å²) < 4.78 is 0.747. The van der Waals surface area contributed by atoms with Gasteiger partial charge >= 0.3 is 0 Å². The maximum absolute atomic E-state index is 11.1. The highest BCUT2D eigenvalue weighted by Crippen LogP contribution is 2.32. The van der Waals surface area contributed by atoms with Crippen molar-refractivity contribution < 1.29 is 4.92 Å². The highest BCUT2D eigenvalue weighted by atomic mass is 79.9. The van der Waals surface area contributed by atoms with Gasteiger partial charge in [-0.05, 0) is 24.3 Å². The van der Waals surface area contributed by atoms with E-state index in [0.29, 0.717) is 0 Å². The maximum atomic E-state index is 11.1. The van der Waals surface area contributed by atoms with Crippen LogP contribution in [0.4, 0.5) is 11.4 Å². The second-order valence-electron chi connectivity index (χ2n) is 3.84. The molecule has 1 heterocycles. The predicted molar refractivity (Wildman–Crippen MR) is 75.0 cm³/mol. The molecule has 1 aliphatic heterocycles. The van der Waals surface area contributed by atoms with E-state index in [1.165, 1.54) is 0 Å². The van der Waals surface area contributed by atoms with Gasteiger partial charge in [-0.25, -0.2) is 0 Å². The number of benzene rings is 1. The summed E-state index contributed by atoms with van der Waals surface area (Å²) in [4.78, 5) is 12.9. The summed E-state index contributed by atoms with van der Waals surface area (Å²) in [5.74, 6) is 2.17. The first kappa shape index (κ1) is 12.7.